The summed E-state index contributed by atoms with van der Waals surface area (Å²) in [5.41, 5.74) is 2.81. The summed E-state index contributed by atoms with van der Waals surface area (Å²) in [4.78, 5) is 17.1. The predicted octanol–water partition coefficient (Wildman–Crippen LogP) is 4.56. The van der Waals surface area contributed by atoms with Crippen molar-refractivity contribution in [2.24, 2.45) is 10.2 Å². The van der Waals surface area contributed by atoms with Gasteiger partial charge in [0.05, 0.1) is 23.9 Å². The number of phenolic OH excluding ortho intramolecular Hbond substituents is 1. The first-order valence-electron chi connectivity index (χ1n) is 9.91. The lowest BCUT2D eigenvalue weighted by atomic mass is 10.2. The highest BCUT2D eigenvalue weighted by Crippen LogP contribution is 2.34. The largest absolute Gasteiger partial charge is 0.508 e. The molecule has 1 aliphatic heterocycles. The first-order valence-corrected chi connectivity index (χ1v) is 10.7. The number of carbonyl (C=O) groups is 1. The highest BCUT2D eigenvalue weighted by atomic mass is 32.2. The Labute approximate surface area is 190 Å². The highest BCUT2D eigenvalue weighted by molar-refractivity contribution is 8.18. The minimum Gasteiger partial charge on any atom is -0.508 e. The predicted molar refractivity (Wildman–Crippen MR) is 129 cm³/mol. The van der Waals surface area contributed by atoms with E-state index in [9.17, 15) is 9.90 Å². The topological polar surface area (TPSA) is 81.6 Å². The Hall–Kier alpha value is -3.78. The van der Waals surface area contributed by atoms with Gasteiger partial charge in [0.15, 0.2) is 5.17 Å². The number of aromatic hydroxyl groups is 1. The van der Waals surface area contributed by atoms with Gasteiger partial charge in [-0.3, -0.25) is 9.69 Å². The molecule has 32 heavy (non-hydrogen) atoms. The molecule has 4 rings (SSSR count). The van der Waals surface area contributed by atoms with Crippen LogP contribution in [0.5, 0.6) is 5.75 Å². The van der Waals surface area contributed by atoms with Gasteiger partial charge in [-0.2, -0.15) is 5.10 Å². The quantitative estimate of drug-likeness (QED) is 0.341. The molecule has 162 valence electrons. The van der Waals surface area contributed by atoms with Crippen LogP contribution in [-0.2, 0) is 11.3 Å². The van der Waals surface area contributed by atoms with Gasteiger partial charge in [0, 0.05) is 19.8 Å². The van der Waals surface area contributed by atoms with Crippen LogP contribution >= 0.6 is 11.8 Å². The zero-order chi connectivity index (χ0) is 22.5. The fourth-order valence-electron chi connectivity index (χ4n) is 3.01. The summed E-state index contributed by atoms with van der Waals surface area (Å²) in [6.45, 7) is 0.262. The Morgan fingerprint density at radius 2 is 1.78 bits per heavy atom. The van der Waals surface area contributed by atoms with Crippen molar-refractivity contribution in [1.29, 1.82) is 0 Å². The smallest absolute Gasteiger partial charge is 0.267 e. The SMILES string of the molecule is CN(C)c1ccc(/C=N/N=C2\S/C(=C\c3ccc(O)cc3)C(=O)N2Cc2ccco2)cc1. The molecule has 1 amide bonds. The second-order valence-electron chi connectivity index (χ2n) is 7.29. The van der Waals surface area contributed by atoms with Gasteiger partial charge in [0.2, 0.25) is 0 Å². The number of furan rings is 1. The van der Waals surface area contributed by atoms with E-state index in [2.05, 4.69) is 10.2 Å². The van der Waals surface area contributed by atoms with E-state index in [0.717, 1.165) is 16.8 Å². The second kappa shape index (κ2) is 9.57. The van der Waals surface area contributed by atoms with Gasteiger partial charge in [0.25, 0.3) is 5.91 Å². The lowest BCUT2D eigenvalue weighted by Crippen LogP contribution is -2.28. The Morgan fingerprint density at radius 1 is 1.06 bits per heavy atom. The Balaban J connectivity index is 1.58. The minimum atomic E-state index is -0.177. The van der Waals surface area contributed by atoms with Crippen LogP contribution in [0.3, 0.4) is 0 Å². The summed E-state index contributed by atoms with van der Waals surface area (Å²) in [7, 11) is 3.97. The van der Waals surface area contributed by atoms with Crippen molar-refractivity contribution in [2.75, 3.05) is 19.0 Å². The van der Waals surface area contributed by atoms with E-state index in [1.807, 2.05) is 49.3 Å². The van der Waals surface area contributed by atoms with E-state index >= 15 is 0 Å². The van der Waals surface area contributed by atoms with Gasteiger partial charge in [-0.1, -0.05) is 24.3 Å². The number of thioether (sulfide) groups is 1. The Morgan fingerprint density at radius 3 is 2.44 bits per heavy atom. The third kappa shape index (κ3) is 5.09. The molecule has 0 unspecified atom stereocenters. The molecule has 1 aliphatic rings. The van der Waals surface area contributed by atoms with Crippen LogP contribution in [0.2, 0.25) is 0 Å². The van der Waals surface area contributed by atoms with Gasteiger partial charge >= 0.3 is 0 Å². The third-order valence-electron chi connectivity index (χ3n) is 4.73. The van der Waals surface area contributed by atoms with E-state index in [4.69, 9.17) is 4.42 Å². The van der Waals surface area contributed by atoms with E-state index in [-0.39, 0.29) is 18.2 Å². The molecule has 7 nitrogen and oxygen atoms in total. The zero-order valence-electron chi connectivity index (χ0n) is 17.7. The lowest BCUT2D eigenvalue weighted by Gasteiger charge is -2.12. The van der Waals surface area contributed by atoms with Crippen molar-refractivity contribution >= 4 is 40.8 Å². The molecule has 3 aromatic rings. The number of benzene rings is 2. The molecule has 0 atom stereocenters. The Kier molecular flexibility index (Phi) is 6.42. The molecular weight excluding hydrogens is 424 g/mol. The average Bonchev–Trinajstić information content (AvgIpc) is 3.40. The van der Waals surface area contributed by atoms with Crippen molar-refractivity contribution in [2.45, 2.75) is 6.54 Å². The molecule has 1 fully saturated rings. The summed E-state index contributed by atoms with van der Waals surface area (Å²) >= 11 is 1.25. The van der Waals surface area contributed by atoms with Crippen molar-refractivity contribution < 1.29 is 14.3 Å². The number of nitrogens with zero attached hydrogens (tertiary/aromatic N) is 4. The maximum atomic E-state index is 13.1. The van der Waals surface area contributed by atoms with Crippen LogP contribution in [0.4, 0.5) is 5.69 Å². The molecule has 2 aromatic carbocycles. The number of carbonyl (C=O) groups excluding carboxylic acids is 1. The number of rotatable bonds is 6. The van der Waals surface area contributed by atoms with Crippen LogP contribution in [0.1, 0.15) is 16.9 Å². The maximum Gasteiger partial charge on any atom is 0.267 e. The maximum absolute atomic E-state index is 13.1. The molecule has 0 bridgehead atoms. The van der Waals surface area contributed by atoms with Crippen molar-refractivity contribution in [3.63, 3.8) is 0 Å². The molecule has 1 saturated heterocycles. The number of amidine groups is 1. The van der Waals surface area contributed by atoms with Crippen molar-refractivity contribution in [3.05, 3.63) is 88.7 Å². The van der Waals surface area contributed by atoms with Gasteiger partial charge in [-0.15, -0.1) is 5.10 Å². The number of hydrogen-bond acceptors (Lipinski definition) is 7. The summed E-state index contributed by atoms with van der Waals surface area (Å²) in [5.74, 6) is 0.650. The zero-order valence-corrected chi connectivity index (χ0v) is 18.5. The number of phenols is 1. The van der Waals surface area contributed by atoms with E-state index in [0.29, 0.717) is 15.8 Å². The summed E-state index contributed by atoms with van der Waals surface area (Å²) < 4.78 is 5.42. The van der Waals surface area contributed by atoms with Crippen LogP contribution in [-0.4, -0.2) is 41.4 Å². The van der Waals surface area contributed by atoms with Crippen LogP contribution < -0.4 is 4.90 Å². The molecule has 1 N–H and O–H groups in total. The second-order valence-corrected chi connectivity index (χ2v) is 8.30. The monoisotopic (exact) mass is 446 g/mol. The molecular formula is C24H22N4O3S. The van der Waals surface area contributed by atoms with Gasteiger partial charge in [-0.05, 0) is 65.4 Å². The van der Waals surface area contributed by atoms with Gasteiger partial charge in [-0.25, -0.2) is 0 Å². The number of amides is 1. The van der Waals surface area contributed by atoms with Crippen LogP contribution in [0.15, 0.2) is 86.5 Å². The van der Waals surface area contributed by atoms with Gasteiger partial charge < -0.3 is 14.4 Å². The first kappa shape index (κ1) is 21.5. The summed E-state index contributed by atoms with van der Waals surface area (Å²) in [6, 6.07) is 18.2. The lowest BCUT2D eigenvalue weighted by molar-refractivity contribution is -0.122. The molecule has 2 heterocycles. The van der Waals surface area contributed by atoms with E-state index < -0.39 is 0 Å². The third-order valence-corrected chi connectivity index (χ3v) is 5.73. The standard InChI is InChI=1S/C24H22N4O3S/c1-27(2)19-9-5-18(6-10-19)15-25-26-24-28(16-21-4-3-13-31-21)23(30)22(32-24)14-17-7-11-20(29)12-8-17/h3-15,29H,16H2,1-2H3/b22-14-,25-15+,26-24-. The van der Waals surface area contributed by atoms with Crippen LogP contribution in [0.25, 0.3) is 6.08 Å². The highest BCUT2D eigenvalue weighted by Gasteiger charge is 2.34. The van der Waals surface area contributed by atoms with E-state index in [1.54, 1.807) is 53.8 Å². The van der Waals surface area contributed by atoms with Crippen LogP contribution in [0, 0.1) is 0 Å². The minimum absolute atomic E-state index is 0.173. The molecule has 0 aliphatic carbocycles. The molecule has 0 spiro atoms. The van der Waals surface area contributed by atoms with Crippen molar-refractivity contribution in [3.8, 4) is 5.75 Å². The molecule has 0 saturated carbocycles. The number of hydrogen-bond donors (Lipinski definition) is 1. The summed E-state index contributed by atoms with van der Waals surface area (Å²) in [5, 5.41) is 18.5. The molecule has 0 radical (unpaired) electrons. The fraction of sp³-hybridized carbons (Fsp3) is 0.125. The summed E-state index contributed by atoms with van der Waals surface area (Å²) in [6.07, 6.45) is 5.00. The van der Waals surface area contributed by atoms with Crippen molar-refractivity contribution in [1.82, 2.24) is 4.90 Å². The fourth-order valence-corrected chi connectivity index (χ4v) is 3.94. The molecule has 1 aromatic heterocycles. The molecule has 8 heteroatoms. The Bertz CT molecular complexity index is 1160. The first-order chi connectivity index (χ1) is 15.5. The average molecular weight is 447 g/mol. The number of anilines is 1. The normalized spacial score (nSPS) is 16.6. The van der Waals surface area contributed by atoms with E-state index in [1.165, 1.54) is 11.8 Å². The van der Waals surface area contributed by atoms with Gasteiger partial charge in [0.1, 0.15) is 11.5 Å².